The van der Waals surface area contributed by atoms with E-state index in [1.165, 1.54) is 17.2 Å². The number of nitro benzene ring substituents is 1. The van der Waals surface area contributed by atoms with E-state index in [9.17, 15) is 24.1 Å². The van der Waals surface area contributed by atoms with E-state index in [0.717, 1.165) is 17.7 Å². The van der Waals surface area contributed by atoms with Crippen LogP contribution in [0.4, 0.5) is 21.6 Å². The van der Waals surface area contributed by atoms with E-state index in [0.29, 0.717) is 15.9 Å². The summed E-state index contributed by atoms with van der Waals surface area (Å²) in [4.78, 5) is 36.7. The molecule has 9 nitrogen and oxygen atoms in total. The van der Waals surface area contributed by atoms with Crippen LogP contribution in [0.2, 0.25) is 10.0 Å². The van der Waals surface area contributed by atoms with E-state index < -0.39 is 34.2 Å². The molecular weight excluding hydrogens is 476 g/mol. The molecule has 0 radical (unpaired) electrons. The third kappa shape index (κ3) is 4.81. The standard InChI is InChI=1S/C21H16Cl2FN5O4/c22-14-2-1-12(16(23)8-14)11-28-19(5-6-25-28)26-21(31)13-7-20(30)27(10-13)15-3-4-17(24)18(9-15)29(32)33/h1-6,8-9,13H,7,10-11H2,(H,26,31)/t13-/m1/s1. The van der Waals surface area contributed by atoms with Crippen LogP contribution in [0.15, 0.2) is 48.7 Å². The second-order valence-electron chi connectivity index (χ2n) is 7.40. The summed E-state index contributed by atoms with van der Waals surface area (Å²) < 4.78 is 15.2. The van der Waals surface area contributed by atoms with E-state index in [2.05, 4.69) is 10.4 Å². The number of carbonyl (C=O) groups is 2. The average molecular weight is 492 g/mol. The Morgan fingerprint density at radius 1 is 1.24 bits per heavy atom. The summed E-state index contributed by atoms with van der Waals surface area (Å²) in [7, 11) is 0. The number of anilines is 2. The van der Waals surface area contributed by atoms with Crippen molar-refractivity contribution in [3.63, 3.8) is 0 Å². The Kier molecular flexibility index (Phi) is 6.30. The Bertz CT molecular complexity index is 1270. The summed E-state index contributed by atoms with van der Waals surface area (Å²) in [6, 6.07) is 9.85. The van der Waals surface area contributed by atoms with E-state index in [4.69, 9.17) is 23.2 Å². The number of hydrogen-bond donors (Lipinski definition) is 1. The Morgan fingerprint density at radius 3 is 2.76 bits per heavy atom. The predicted octanol–water partition coefficient (Wildman–Crippen LogP) is 4.28. The van der Waals surface area contributed by atoms with Crippen molar-refractivity contribution in [1.82, 2.24) is 9.78 Å². The van der Waals surface area contributed by atoms with Crippen LogP contribution in [0.25, 0.3) is 0 Å². The molecule has 4 rings (SSSR count). The Hall–Kier alpha value is -3.50. The first kappa shape index (κ1) is 22.7. The molecule has 0 unspecified atom stereocenters. The van der Waals surface area contributed by atoms with Crippen molar-refractivity contribution in [3.05, 3.63) is 80.2 Å². The highest BCUT2D eigenvalue weighted by Gasteiger charge is 2.36. The molecule has 2 amide bonds. The fourth-order valence-corrected chi connectivity index (χ4v) is 4.01. The van der Waals surface area contributed by atoms with Gasteiger partial charge in [0, 0.05) is 35.1 Å². The molecule has 170 valence electrons. The van der Waals surface area contributed by atoms with Crippen LogP contribution in [0.1, 0.15) is 12.0 Å². The third-order valence-electron chi connectivity index (χ3n) is 5.24. The van der Waals surface area contributed by atoms with Crippen LogP contribution in [0.5, 0.6) is 0 Å². The minimum atomic E-state index is -1.00. The number of hydrogen-bond acceptors (Lipinski definition) is 5. The van der Waals surface area contributed by atoms with Crippen molar-refractivity contribution in [2.24, 2.45) is 5.92 Å². The Labute approximate surface area is 196 Å². The van der Waals surface area contributed by atoms with Gasteiger partial charge in [-0.2, -0.15) is 9.49 Å². The maximum atomic E-state index is 13.6. The normalized spacial score (nSPS) is 15.7. The average Bonchev–Trinajstić information content (AvgIpc) is 3.36. The van der Waals surface area contributed by atoms with Gasteiger partial charge in [0.1, 0.15) is 5.82 Å². The van der Waals surface area contributed by atoms with Gasteiger partial charge in [0.05, 0.1) is 29.3 Å². The molecule has 12 heteroatoms. The maximum Gasteiger partial charge on any atom is 0.306 e. The number of halogens is 3. The minimum Gasteiger partial charge on any atom is -0.311 e. The lowest BCUT2D eigenvalue weighted by molar-refractivity contribution is -0.387. The highest BCUT2D eigenvalue weighted by molar-refractivity contribution is 6.35. The molecule has 0 bridgehead atoms. The minimum absolute atomic E-state index is 0.00457. The number of nitrogens with one attached hydrogen (secondary N) is 1. The quantitative estimate of drug-likeness (QED) is 0.408. The number of carbonyl (C=O) groups excluding carboxylic acids is 2. The first-order valence-corrected chi connectivity index (χ1v) is 10.5. The van der Waals surface area contributed by atoms with Crippen molar-refractivity contribution in [3.8, 4) is 0 Å². The summed E-state index contributed by atoms with van der Waals surface area (Å²) in [6.07, 6.45) is 1.43. The highest BCUT2D eigenvalue weighted by Crippen LogP contribution is 2.30. The van der Waals surface area contributed by atoms with Crippen LogP contribution in [-0.4, -0.2) is 33.1 Å². The fraction of sp³-hybridized carbons (Fsp3) is 0.190. The van der Waals surface area contributed by atoms with Gasteiger partial charge in [0.25, 0.3) is 0 Å². The second kappa shape index (κ2) is 9.16. The molecule has 1 aliphatic rings. The van der Waals surface area contributed by atoms with Gasteiger partial charge in [-0.15, -0.1) is 0 Å². The van der Waals surface area contributed by atoms with Crippen molar-refractivity contribution >= 4 is 52.2 Å². The molecule has 0 aliphatic carbocycles. The molecule has 1 fully saturated rings. The summed E-state index contributed by atoms with van der Waals surface area (Å²) in [5.74, 6) is -2.10. The van der Waals surface area contributed by atoms with Gasteiger partial charge in [0.2, 0.25) is 17.6 Å². The lowest BCUT2D eigenvalue weighted by Gasteiger charge is -2.17. The van der Waals surface area contributed by atoms with E-state index in [1.807, 2.05) is 0 Å². The summed E-state index contributed by atoms with van der Waals surface area (Å²) >= 11 is 12.1. The topological polar surface area (TPSA) is 110 Å². The number of nitrogens with zero attached hydrogens (tertiary/aromatic N) is 4. The smallest absolute Gasteiger partial charge is 0.306 e. The molecule has 1 saturated heterocycles. The van der Waals surface area contributed by atoms with E-state index in [-0.39, 0.29) is 25.2 Å². The fourth-order valence-electron chi connectivity index (χ4n) is 3.55. The zero-order valence-electron chi connectivity index (χ0n) is 16.9. The predicted molar refractivity (Wildman–Crippen MR) is 120 cm³/mol. The molecule has 1 aliphatic heterocycles. The number of rotatable bonds is 6. The molecule has 33 heavy (non-hydrogen) atoms. The first-order valence-electron chi connectivity index (χ1n) is 9.74. The summed E-state index contributed by atoms with van der Waals surface area (Å²) in [6.45, 7) is 0.290. The summed E-state index contributed by atoms with van der Waals surface area (Å²) in [5.41, 5.74) is 0.171. The van der Waals surface area contributed by atoms with Gasteiger partial charge in [-0.05, 0) is 29.8 Å². The van der Waals surface area contributed by atoms with E-state index >= 15 is 0 Å². The van der Waals surface area contributed by atoms with Crippen LogP contribution in [0.3, 0.4) is 0 Å². The van der Waals surface area contributed by atoms with Gasteiger partial charge in [-0.25, -0.2) is 4.68 Å². The Balaban J connectivity index is 1.46. The van der Waals surface area contributed by atoms with Crippen LogP contribution < -0.4 is 10.2 Å². The van der Waals surface area contributed by atoms with Gasteiger partial charge in [-0.3, -0.25) is 19.7 Å². The number of amides is 2. The number of nitro groups is 1. The first-order chi connectivity index (χ1) is 15.7. The molecule has 1 atom stereocenters. The molecule has 2 heterocycles. The van der Waals surface area contributed by atoms with Crippen molar-refractivity contribution < 1.29 is 18.9 Å². The molecule has 0 saturated carbocycles. The SMILES string of the molecule is O=C(Nc1ccnn1Cc1ccc(Cl)cc1Cl)[C@@H]1CC(=O)N(c2ccc(F)c([N+](=O)[O-])c2)C1. The zero-order valence-corrected chi connectivity index (χ0v) is 18.4. The second-order valence-corrected chi connectivity index (χ2v) is 8.24. The third-order valence-corrected chi connectivity index (χ3v) is 5.82. The van der Waals surface area contributed by atoms with Gasteiger partial charge < -0.3 is 10.2 Å². The van der Waals surface area contributed by atoms with Crippen molar-refractivity contribution in [1.29, 1.82) is 0 Å². The Morgan fingerprint density at radius 2 is 2.03 bits per heavy atom. The molecular formula is C21H16Cl2FN5O4. The largest absolute Gasteiger partial charge is 0.311 e. The van der Waals surface area contributed by atoms with E-state index in [1.54, 1.807) is 28.9 Å². The number of benzene rings is 2. The van der Waals surface area contributed by atoms with Crippen LogP contribution in [-0.2, 0) is 16.1 Å². The molecule has 1 N–H and O–H groups in total. The molecule has 2 aromatic carbocycles. The monoisotopic (exact) mass is 491 g/mol. The maximum absolute atomic E-state index is 13.6. The molecule has 0 spiro atoms. The van der Waals surface area contributed by atoms with Crippen molar-refractivity contribution in [2.45, 2.75) is 13.0 Å². The summed E-state index contributed by atoms with van der Waals surface area (Å²) in [5, 5.41) is 18.9. The van der Waals surface area contributed by atoms with Crippen LogP contribution >= 0.6 is 23.2 Å². The lowest BCUT2D eigenvalue weighted by Crippen LogP contribution is -2.28. The van der Waals surface area contributed by atoms with Crippen molar-refractivity contribution in [2.75, 3.05) is 16.8 Å². The lowest BCUT2D eigenvalue weighted by atomic mass is 10.1. The molecule has 3 aromatic rings. The number of aromatic nitrogens is 2. The zero-order chi connectivity index (χ0) is 23.7. The van der Waals surface area contributed by atoms with Crippen LogP contribution in [0, 0.1) is 21.8 Å². The highest BCUT2D eigenvalue weighted by atomic mass is 35.5. The van der Waals surface area contributed by atoms with Gasteiger partial charge in [-0.1, -0.05) is 29.3 Å². The van der Waals surface area contributed by atoms with Gasteiger partial charge >= 0.3 is 5.69 Å². The molecule has 1 aromatic heterocycles. The van der Waals surface area contributed by atoms with Gasteiger partial charge in [0.15, 0.2) is 0 Å².